The predicted octanol–water partition coefficient (Wildman–Crippen LogP) is 2.96. The van der Waals surface area contributed by atoms with E-state index in [4.69, 9.17) is 0 Å². The van der Waals surface area contributed by atoms with Crippen LogP contribution < -0.4 is 5.32 Å². The van der Waals surface area contributed by atoms with Gasteiger partial charge in [0.2, 0.25) is 0 Å². The maximum absolute atomic E-state index is 3.56. The highest BCUT2D eigenvalue weighted by atomic mass is 15.3. The summed E-state index contributed by atoms with van der Waals surface area (Å²) in [4.78, 5) is 5.19. The lowest BCUT2D eigenvalue weighted by Gasteiger charge is -2.39. The molecule has 0 spiro atoms. The van der Waals surface area contributed by atoms with Crippen LogP contribution in [0.15, 0.2) is 0 Å². The second kappa shape index (κ2) is 9.01. The quantitative estimate of drug-likeness (QED) is 0.691. The summed E-state index contributed by atoms with van der Waals surface area (Å²) in [5.41, 5.74) is 0.273. The van der Waals surface area contributed by atoms with E-state index in [2.05, 4.69) is 49.9 Å². The molecular weight excluding hydrogens is 246 g/mol. The molecule has 1 heterocycles. The summed E-state index contributed by atoms with van der Waals surface area (Å²) < 4.78 is 0. The molecule has 1 N–H and O–H groups in total. The van der Waals surface area contributed by atoms with Gasteiger partial charge in [-0.3, -0.25) is 0 Å². The van der Waals surface area contributed by atoms with E-state index in [1.807, 2.05) is 0 Å². The molecule has 1 aliphatic rings. The van der Waals surface area contributed by atoms with Gasteiger partial charge in [0.05, 0.1) is 0 Å². The highest BCUT2D eigenvalue weighted by Gasteiger charge is 2.21. The number of hydrogen-bond acceptors (Lipinski definition) is 3. The number of nitrogens with one attached hydrogen (secondary N) is 1. The van der Waals surface area contributed by atoms with Crippen LogP contribution in [0.2, 0.25) is 0 Å². The topological polar surface area (TPSA) is 18.5 Å². The van der Waals surface area contributed by atoms with Crippen molar-refractivity contribution in [2.75, 3.05) is 39.8 Å². The second-order valence-corrected chi connectivity index (χ2v) is 7.43. The van der Waals surface area contributed by atoms with Gasteiger partial charge in [-0.25, -0.2) is 0 Å². The number of piperazine rings is 1. The first-order valence-corrected chi connectivity index (χ1v) is 8.60. The van der Waals surface area contributed by atoms with Crippen LogP contribution in [0.1, 0.15) is 59.8 Å². The third-order valence-electron chi connectivity index (χ3n) is 4.39. The van der Waals surface area contributed by atoms with E-state index in [9.17, 15) is 0 Å². The number of hydrogen-bond donors (Lipinski definition) is 1. The lowest BCUT2D eigenvalue weighted by atomic mass is 10.1. The van der Waals surface area contributed by atoms with Crippen molar-refractivity contribution in [2.24, 2.45) is 0 Å². The van der Waals surface area contributed by atoms with Gasteiger partial charge in [0.25, 0.3) is 0 Å². The van der Waals surface area contributed by atoms with Crippen molar-refractivity contribution in [3.8, 4) is 0 Å². The van der Waals surface area contributed by atoms with Crippen LogP contribution >= 0.6 is 0 Å². The fourth-order valence-corrected chi connectivity index (χ4v) is 2.93. The van der Waals surface area contributed by atoms with Crippen LogP contribution in [0, 0.1) is 0 Å². The van der Waals surface area contributed by atoms with Gasteiger partial charge < -0.3 is 15.1 Å². The molecule has 0 aromatic rings. The monoisotopic (exact) mass is 283 g/mol. The van der Waals surface area contributed by atoms with Crippen LogP contribution in [-0.4, -0.2) is 61.2 Å². The van der Waals surface area contributed by atoms with E-state index in [1.165, 1.54) is 58.3 Å². The van der Waals surface area contributed by atoms with Crippen LogP contribution in [0.5, 0.6) is 0 Å². The minimum absolute atomic E-state index is 0.273. The van der Waals surface area contributed by atoms with Gasteiger partial charge in [-0.15, -0.1) is 0 Å². The van der Waals surface area contributed by atoms with Crippen molar-refractivity contribution in [1.29, 1.82) is 0 Å². The highest BCUT2D eigenvalue weighted by Crippen LogP contribution is 2.12. The predicted molar refractivity (Wildman–Crippen MR) is 89.4 cm³/mol. The van der Waals surface area contributed by atoms with Gasteiger partial charge in [-0.2, -0.15) is 0 Å². The Bertz CT molecular complexity index is 247. The van der Waals surface area contributed by atoms with Crippen LogP contribution in [0.4, 0.5) is 0 Å². The summed E-state index contributed by atoms with van der Waals surface area (Å²) in [5.74, 6) is 0. The molecule has 0 aliphatic carbocycles. The molecule has 1 saturated heterocycles. The summed E-state index contributed by atoms with van der Waals surface area (Å²) in [7, 11) is 2.27. The molecular formula is C17H37N3. The summed E-state index contributed by atoms with van der Waals surface area (Å²) in [6.45, 7) is 15.3. The molecule has 0 saturated carbocycles. The van der Waals surface area contributed by atoms with Gasteiger partial charge >= 0.3 is 0 Å². The van der Waals surface area contributed by atoms with E-state index in [1.54, 1.807) is 0 Å². The van der Waals surface area contributed by atoms with E-state index in [-0.39, 0.29) is 5.54 Å². The third kappa shape index (κ3) is 7.61. The van der Waals surface area contributed by atoms with E-state index < -0.39 is 0 Å². The zero-order valence-electron chi connectivity index (χ0n) is 14.5. The summed E-state index contributed by atoms with van der Waals surface area (Å²) in [6.07, 6.45) is 6.72. The Kier molecular flexibility index (Phi) is 8.08. The molecule has 0 aromatic carbocycles. The Labute approximate surface area is 127 Å². The number of likely N-dealkylation sites (N-methyl/N-ethyl adjacent to an activating group) is 1. The van der Waals surface area contributed by atoms with Crippen LogP contribution in [0.3, 0.4) is 0 Å². The summed E-state index contributed by atoms with van der Waals surface area (Å²) >= 11 is 0. The zero-order chi connectivity index (χ0) is 15.0. The highest BCUT2D eigenvalue weighted by molar-refractivity contribution is 4.78. The van der Waals surface area contributed by atoms with Crippen LogP contribution in [0.25, 0.3) is 0 Å². The minimum atomic E-state index is 0.273. The first kappa shape index (κ1) is 17.9. The second-order valence-electron chi connectivity index (χ2n) is 7.43. The molecule has 120 valence electrons. The molecule has 1 atom stereocenters. The molecule has 0 amide bonds. The van der Waals surface area contributed by atoms with Gasteiger partial charge in [0.1, 0.15) is 0 Å². The molecule has 3 nitrogen and oxygen atoms in total. The molecule has 0 bridgehead atoms. The zero-order valence-corrected chi connectivity index (χ0v) is 14.5. The van der Waals surface area contributed by atoms with E-state index in [0.717, 1.165) is 12.6 Å². The average Bonchev–Trinajstić information content (AvgIpc) is 2.38. The van der Waals surface area contributed by atoms with Gasteiger partial charge in [0.15, 0.2) is 0 Å². The summed E-state index contributed by atoms with van der Waals surface area (Å²) in [6, 6.07) is 0.778. The lowest BCUT2D eigenvalue weighted by Crippen LogP contribution is -2.51. The minimum Gasteiger partial charge on any atom is -0.312 e. The molecule has 0 aromatic heterocycles. The Morgan fingerprint density at radius 3 is 2.40 bits per heavy atom. The Morgan fingerprint density at radius 1 is 1.05 bits per heavy atom. The van der Waals surface area contributed by atoms with Crippen molar-refractivity contribution in [3.05, 3.63) is 0 Å². The van der Waals surface area contributed by atoms with Crippen molar-refractivity contribution in [2.45, 2.75) is 71.4 Å². The van der Waals surface area contributed by atoms with Crippen molar-refractivity contribution < 1.29 is 0 Å². The Balaban J connectivity index is 1.99. The van der Waals surface area contributed by atoms with E-state index >= 15 is 0 Å². The van der Waals surface area contributed by atoms with Crippen molar-refractivity contribution >= 4 is 0 Å². The fourth-order valence-electron chi connectivity index (χ4n) is 2.93. The smallest absolute Gasteiger partial charge is 0.0218 e. The lowest BCUT2D eigenvalue weighted by molar-refractivity contribution is 0.0919. The molecule has 0 radical (unpaired) electrons. The SMILES string of the molecule is CCC1CN(CCCCCCNC(C)(C)C)CCN1C. The molecule has 20 heavy (non-hydrogen) atoms. The standard InChI is InChI=1S/C17H37N3/c1-6-16-15-20(14-13-19(16)5)12-10-8-7-9-11-18-17(2,3)4/h16,18H,6-15H2,1-5H3. The molecule has 1 rings (SSSR count). The molecule has 1 aliphatic heterocycles. The normalized spacial score (nSPS) is 22.4. The largest absolute Gasteiger partial charge is 0.312 e. The van der Waals surface area contributed by atoms with Gasteiger partial charge in [-0.05, 0) is 60.2 Å². The third-order valence-corrected chi connectivity index (χ3v) is 4.39. The number of unbranched alkanes of at least 4 members (excludes halogenated alkanes) is 3. The Hall–Kier alpha value is -0.120. The fraction of sp³-hybridized carbons (Fsp3) is 1.00. The first-order valence-electron chi connectivity index (χ1n) is 8.60. The van der Waals surface area contributed by atoms with Crippen molar-refractivity contribution in [1.82, 2.24) is 15.1 Å². The molecule has 1 unspecified atom stereocenters. The number of nitrogens with zero attached hydrogens (tertiary/aromatic N) is 2. The average molecular weight is 284 g/mol. The van der Waals surface area contributed by atoms with Crippen LogP contribution in [-0.2, 0) is 0 Å². The Morgan fingerprint density at radius 2 is 1.75 bits per heavy atom. The van der Waals surface area contributed by atoms with Gasteiger partial charge in [0, 0.05) is 31.2 Å². The summed E-state index contributed by atoms with van der Waals surface area (Å²) in [5, 5.41) is 3.56. The van der Waals surface area contributed by atoms with Gasteiger partial charge in [-0.1, -0.05) is 19.8 Å². The molecule has 3 heteroatoms. The number of rotatable bonds is 8. The van der Waals surface area contributed by atoms with Crippen molar-refractivity contribution in [3.63, 3.8) is 0 Å². The maximum Gasteiger partial charge on any atom is 0.0218 e. The first-order chi connectivity index (χ1) is 9.42. The maximum atomic E-state index is 3.56. The molecule has 1 fully saturated rings. The van der Waals surface area contributed by atoms with E-state index in [0.29, 0.717) is 0 Å².